The van der Waals surface area contributed by atoms with Crippen molar-refractivity contribution >= 4 is 34.6 Å². The van der Waals surface area contributed by atoms with Crippen LogP contribution in [0.4, 0.5) is 10.1 Å². The van der Waals surface area contributed by atoms with E-state index in [1.807, 2.05) is 41.5 Å². The fourth-order valence-corrected chi connectivity index (χ4v) is 1.33. The highest BCUT2D eigenvalue weighted by atomic mass is 127. The van der Waals surface area contributed by atoms with Crippen molar-refractivity contribution in [3.8, 4) is 0 Å². The van der Waals surface area contributed by atoms with Crippen molar-refractivity contribution in [1.82, 2.24) is 9.88 Å². The number of aromatic nitrogens is 1. The van der Waals surface area contributed by atoms with E-state index in [2.05, 4.69) is 9.98 Å². The minimum absolute atomic E-state index is 0.434. The normalized spacial score (nSPS) is 11.0. The van der Waals surface area contributed by atoms with Gasteiger partial charge in [-0.2, -0.15) is 4.39 Å². The molecule has 0 aliphatic carbocycles. The third kappa shape index (κ3) is 3.40. The number of pyridine rings is 1. The van der Waals surface area contributed by atoms with E-state index in [-0.39, 0.29) is 0 Å². The maximum Gasteiger partial charge on any atom is 0.226 e. The Morgan fingerprint density at radius 1 is 1.67 bits per heavy atom. The lowest BCUT2D eigenvalue weighted by atomic mass is 10.3. The molecule has 0 aliphatic rings. The fraction of sp³-hybridized carbons (Fsp3) is 0.400. The van der Waals surface area contributed by atoms with Crippen LogP contribution in [0.2, 0.25) is 0 Å². The molecule has 0 amide bonds. The van der Waals surface area contributed by atoms with Gasteiger partial charge < -0.3 is 4.90 Å². The van der Waals surface area contributed by atoms with E-state index < -0.39 is 5.95 Å². The van der Waals surface area contributed by atoms with Crippen molar-refractivity contribution in [2.75, 3.05) is 13.6 Å². The lowest BCUT2D eigenvalue weighted by Gasteiger charge is -2.08. The lowest BCUT2D eigenvalue weighted by molar-refractivity contribution is 0.551. The van der Waals surface area contributed by atoms with Gasteiger partial charge in [0.05, 0.1) is 21.3 Å². The van der Waals surface area contributed by atoms with Crippen LogP contribution >= 0.6 is 22.6 Å². The molecule has 0 aliphatic heterocycles. The highest BCUT2D eigenvalue weighted by Gasteiger charge is 2.05. The van der Waals surface area contributed by atoms with Gasteiger partial charge in [0.25, 0.3) is 0 Å². The lowest BCUT2D eigenvalue weighted by Crippen LogP contribution is -2.14. The predicted octanol–water partition coefficient (Wildman–Crippen LogP) is 2.75. The Hall–Kier alpha value is -0.720. The molecule has 0 saturated carbocycles. The van der Waals surface area contributed by atoms with E-state index in [4.69, 9.17) is 0 Å². The highest BCUT2D eigenvalue weighted by Crippen LogP contribution is 2.20. The van der Waals surface area contributed by atoms with Gasteiger partial charge in [0, 0.05) is 13.6 Å². The molecule has 0 aromatic carbocycles. The summed E-state index contributed by atoms with van der Waals surface area (Å²) >= 11 is 1.91. The largest absolute Gasteiger partial charge is 0.366 e. The van der Waals surface area contributed by atoms with Crippen LogP contribution in [0.25, 0.3) is 0 Å². The molecule has 0 radical (unpaired) electrons. The summed E-state index contributed by atoms with van der Waals surface area (Å²) in [4.78, 5) is 9.96. The van der Waals surface area contributed by atoms with Gasteiger partial charge in [-0.3, -0.25) is 0 Å². The highest BCUT2D eigenvalue weighted by molar-refractivity contribution is 14.1. The van der Waals surface area contributed by atoms with Crippen molar-refractivity contribution in [2.45, 2.75) is 13.8 Å². The van der Waals surface area contributed by atoms with Crippen LogP contribution in [0.5, 0.6) is 0 Å². The first-order valence-corrected chi connectivity index (χ1v) is 5.69. The minimum atomic E-state index is -0.434. The number of rotatable bonds is 3. The summed E-state index contributed by atoms with van der Waals surface area (Å²) in [6, 6.07) is 1.69. The fourth-order valence-electron chi connectivity index (χ4n) is 0.915. The van der Waals surface area contributed by atoms with Gasteiger partial charge in [0.1, 0.15) is 0 Å². The third-order valence-electron chi connectivity index (χ3n) is 1.99. The molecular formula is C10H13FIN3. The molecule has 1 aromatic heterocycles. The number of aliphatic imine (C=N–C) groups is 1. The Morgan fingerprint density at radius 3 is 2.93 bits per heavy atom. The van der Waals surface area contributed by atoms with E-state index in [1.165, 1.54) is 0 Å². The molecule has 0 unspecified atom stereocenters. The maximum atomic E-state index is 13.0. The van der Waals surface area contributed by atoms with E-state index in [0.29, 0.717) is 15.0 Å². The molecule has 1 aromatic rings. The smallest absolute Gasteiger partial charge is 0.226 e. The third-order valence-corrected chi connectivity index (χ3v) is 2.75. The first-order chi connectivity index (χ1) is 7.04. The number of hydrogen-bond donors (Lipinski definition) is 0. The second kappa shape index (κ2) is 5.39. The van der Waals surface area contributed by atoms with Gasteiger partial charge in [-0.05, 0) is 42.5 Å². The number of aryl methyl sites for hydroxylation is 1. The van der Waals surface area contributed by atoms with E-state index in [1.54, 1.807) is 19.3 Å². The van der Waals surface area contributed by atoms with Gasteiger partial charge in [-0.15, -0.1) is 0 Å². The molecule has 1 rings (SSSR count). The van der Waals surface area contributed by atoms with Crippen LogP contribution in [0.15, 0.2) is 11.1 Å². The van der Waals surface area contributed by atoms with Crippen LogP contribution < -0.4 is 0 Å². The summed E-state index contributed by atoms with van der Waals surface area (Å²) in [6.07, 6.45) is 1.72. The molecule has 5 heteroatoms. The quantitative estimate of drug-likeness (QED) is 0.371. The zero-order valence-corrected chi connectivity index (χ0v) is 11.1. The molecular weight excluding hydrogens is 308 g/mol. The molecule has 0 fully saturated rings. The number of nitrogens with zero attached hydrogens (tertiary/aromatic N) is 3. The average Bonchev–Trinajstić information content (AvgIpc) is 2.21. The van der Waals surface area contributed by atoms with Gasteiger partial charge in [0.15, 0.2) is 0 Å². The molecule has 15 heavy (non-hydrogen) atoms. The summed E-state index contributed by atoms with van der Waals surface area (Å²) in [5.74, 6) is -0.434. The van der Waals surface area contributed by atoms with Gasteiger partial charge in [0.2, 0.25) is 5.95 Å². The molecule has 3 nitrogen and oxygen atoms in total. The summed E-state index contributed by atoms with van der Waals surface area (Å²) in [6.45, 7) is 4.66. The average molecular weight is 321 g/mol. The van der Waals surface area contributed by atoms with Gasteiger partial charge in [-0.25, -0.2) is 9.98 Å². The SMILES string of the molecule is CCN(C)/C=N/c1cc(I)c(F)nc1C. The van der Waals surface area contributed by atoms with Crippen molar-refractivity contribution in [3.05, 3.63) is 21.3 Å². The van der Waals surface area contributed by atoms with Crippen LogP contribution in [0.1, 0.15) is 12.6 Å². The first-order valence-electron chi connectivity index (χ1n) is 4.61. The molecule has 0 atom stereocenters. The molecule has 1 heterocycles. The van der Waals surface area contributed by atoms with Crippen LogP contribution in [-0.4, -0.2) is 29.8 Å². The zero-order chi connectivity index (χ0) is 11.4. The van der Waals surface area contributed by atoms with Crippen molar-refractivity contribution in [3.63, 3.8) is 0 Å². The van der Waals surface area contributed by atoms with E-state index >= 15 is 0 Å². The molecule has 0 bridgehead atoms. The monoisotopic (exact) mass is 321 g/mol. The van der Waals surface area contributed by atoms with Gasteiger partial charge in [-0.1, -0.05) is 0 Å². The Labute approximate surface area is 103 Å². The maximum absolute atomic E-state index is 13.0. The predicted molar refractivity (Wildman–Crippen MR) is 68.1 cm³/mol. The Morgan fingerprint density at radius 2 is 2.33 bits per heavy atom. The summed E-state index contributed by atoms with van der Waals surface area (Å²) < 4.78 is 13.5. The second-order valence-corrected chi connectivity index (χ2v) is 4.35. The Bertz CT molecular complexity index is 379. The van der Waals surface area contributed by atoms with Crippen molar-refractivity contribution in [2.24, 2.45) is 4.99 Å². The summed E-state index contributed by atoms with van der Waals surface area (Å²) in [7, 11) is 1.93. The molecule has 0 spiro atoms. The Balaban J connectivity index is 2.95. The van der Waals surface area contributed by atoms with E-state index in [0.717, 1.165) is 6.54 Å². The van der Waals surface area contributed by atoms with Crippen molar-refractivity contribution < 1.29 is 4.39 Å². The first kappa shape index (κ1) is 12.4. The minimum Gasteiger partial charge on any atom is -0.366 e. The molecule has 0 N–H and O–H groups in total. The second-order valence-electron chi connectivity index (χ2n) is 3.18. The zero-order valence-electron chi connectivity index (χ0n) is 8.96. The molecule has 82 valence electrons. The number of halogens is 2. The standard InChI is InChI=1S/C10H13FIN3/c1-4-15(3)6-13-9-5-8(12)10(11)14-7(9)2/h5-6H,4H2,1-3H3/b13-6+. The Kier molecular flexibility index (Phi) is 4.44. The topological polar surface area (TPSA) is 28.5 Å². The summed E-state index contributed by atoms with van der Waals surface area (Å²) in [5.41, 5.74) is 1.31. The molecule has 0 saturated heterocycles. The van der Waals surface area contributed by atoms with Gasteiger partial charge >= 0.3 is 0 Å². The van der Waals surface area contributed by atoms with Crippen LogP contribution in [-0.2, 0) is 0 Å². The van der Waals surface area contributed by atoms with Crippen LogP contribution in [0, 0.1) is 16.4 Å². The summed E-state index contributed by atoms with van der Waals surface area (Å²) in [5, 5.41) is 0. The van der Waals surface area contributed by atoms with Crippen LogP contribution in [0.3, 0.4) is 0 Å². The van der Waals surface area contributed by atoms with Crippen molar-refractivity contribution in [1.29, 1.82) is 0 Å². The van der Waals surface area contributed by atoms with E-state index in [9.17, 15) is 4.39 Å². The number of hydrogen-bond acceptors (Lipinski definition) is 2.